The van der Waals surface area contributed by atoms with Crippen LogP contribution in [0.1, 0.15) is 59.7 Å². The standard InChI is InChI=1S/C24H31NO4/c1-25(17-18-11-7-6-8-12-18)14-10-5-4-9-13-21-19-15-22(27-2)23(28-3)16-20(19)24(26)29-21/h6-8,11-12,15-16,21H,4-5,9-10,13-14,17H2,1-3H3. The average molecular weight is 398 g/mol. The number of esters is 1. The lowest BCUT2D eigenvalue weighted by Crippen LogP contribution is -2.18. The SMILES string of the molecule is COc1cc2c(cc1OC)C(CCCCCCN(C)Cc1ccccc1)OC2=O. The molecular weight excluding hydrogens is 366 g/mol. The van der Waals surface area contributed by atoms with Crippen molar-refractivity contribution in [2.24, 2.45) is 0 Å². The van der Waals surface area contributed by atoms with Crippen LogP contribution in [0.2, 0.25) is 0 Å². The van der Waals surface area contributed by atoms with E-state index in [1.807, 2.05) is 6.07 Å². The Morgan fingerprint density at radius 1 is 0.966 bits per heavy atom. The Bertz CT molecular complexity index is 806. The van der Waals surface area contributed by atoms with E-state index in [1.54, 1.807) is 20.3 Å². The molecule has 156 valence electrons. The fourth-order valence-corrected chi connectivity index (χ4v) is 3.85. The van der Waals surface area contributed by atoms with Gasteiger partial charge in [0.25, 0.3) is 0 Å². The molecule has 0 amide bonds. The van der Waals surface area contributed by atoms with Gasteiger partial charge in [0, 0.05) is 12.1 Å². The molecule has 0 aliphatic carbocycles. The monoisotopic (exact) mass is 397 g/mol. The molecule has 0 aromatic heterocycles. The quantitative estimate of drug-likeness (QED) is 0.395. The highest BCUT2D eigenvalue weighted by Crippen LogP contribution is 2.40. The Morgan fingerprint density at radius 3 is 2.38 bits per heavy atom. The summed E-state index contributed by atoms with van der Waals surface area (Å²) >= 11 is 0. The molecule has 29 heavy (non-hydrogen) atoms. The Hall–Kier alpha value is -2.53. The van der Waals surface area contributed by atoms with Crippen LogP contribution in [0, 0.1) is 0 Å². The zero-order valence-electron chi connectivity index (χ0n) is 17.6. The van der Waals surface area contributed by atoms with Crippen molar-refractivity contribution in [3.8, 4) is 11.5 Å². The van der Waals surface area contributed by atoms with Crippen molar-refractivity contribution < 1.29 is 19.0 Å². The zero-order chi connectivity index (χ0) is 20.6. The number of benzene rings is 2. The van der Waals surface area contributed by atoms with Crippen LogP contribution in [0.15, 0.2) is 42.5 Å². The lowest BCUT2D eigenvalue weighted by molar-refractivity contribution is 0.0363. The molecule has 1 heterocycles. The van der Waals surface area contributed by atoms with E-state index in [-0.39, 0.29) is 12.1 Å². The second-order valence-corrected chi connectivity index (χ2v) is 7.61. The third-order valence-corrected chi connectivity index (χ3v) is 5.42. The van der Waals surface area contributed by atoms with Gasteiger partial charge in [0.2, 0.25) is 0 Å². The van der Waals surface area contributed by atoms with Crippen molar-refractivity contribution in [2.45, 2.75) is 44.8 Å². The van der Waals surface area contributed by atoms with E-state index >= 15 is 0 Å². The summed E-state index contributed by atoms with van der Waals surface area (Å²) in [5.41, 5.74) is 2.86. The number of hydrogen-bond donors (Lipinski definition) is 0. The van der Waals surface area contributed by atoms with Crippen molar-refractivity contribution in [1.29, 1.82) is 0 Å². The minimum Gasteiger partial charge on any atom is -0.493 e. The number of unbranched alkanes of at least 4 members (excludes halogenated alkanes) is 3. The van der Waals surface area contributed by atoms with Gasteiger partial charge < -0.3 is 19.1 Å². The predicted molar refractivity (Wildman–Crippen MR) is 114 cm³/mol. The molecule has 1 atom stereocenters. The number of hydrogen-bond acceptors (Lipinski definition) is 5. The summed E-state index contributed by atoms with van der Waals surface area (Å²) in [6, 6.07) is 14.2. The summed E-state index contributed by atoms with van der Waals surface area (Å²) in [5.74, 6) is 0.924. The molecule has 0 spiro atoms. The number of carbonyl (C=O) groups excluding carboxylic acids is 1. The van der Waals surface area contributed by atoms with Gasteiger partial charge in [-0.3, -0.25) is 0 Å². The molecule has 1 aliphatic rings. The molecule has 2 aromatic carbocycles. The van der Waals surface area contributed by atoms with Gasteiger partial charge in [-0.2, -0.15) is 0 Å². The van der Waals surface area contributed by atoms with Crippen molar-refractivity contribution in [1.82, 2.24) is 4.90 Å². The molecule has 1 unspecified atom stereocenters. The maximum Gasteiger partial charge on any atom is 0.339 e. The second kappa shape index (κ2) is 10.3. The van der Waals surface area contributed by atoms with Crippen molar-refractivity contribution >= 4 is 5.97 Å². The van der Waals surface area contributed by atoms with Crippen LogP contribution in [-0.2, 0) is 11.3 Å². The molecule has 5 heteroatoms. The Balaban J connectivity index is 1.40. The predicted octanol–water partition coefficient (Wildman–Crippen LogP) is 5.00. The minimum absolute atomic E-state index is 0.182. The minimum atomic E-state index is -0.270. The third kappa shape index (κ3) is 5.51. The van der Waals surface area contributed by atoms with Crippen LogP contribution < -0.4 is 9.47 Å². The summed E-state index contributed by atoms with van der Waals surface area (Å²) in [5, 5.41) is 0. The summed E-state index contributed by atoms with van der Waals surface area (Å²) in [6.45, 7) is 2.08. The number of cyclic esters (lactones) is 1. The van der Waals surface area contributed by atoms with Gasteiger partial charge in [0.15, 0.2) is 11.5 Å². The molecule has 1 aliphatic heterocycles. The van der Waals surface area contributed by atoms with E-state index < -0.39 is 0 Å². The van der Waals surface area contributed by atoms with Crippen LogP contribution in [0.4, 0.5) is 0 Å². The first kappa shape index (κ1) is 21.2. The first-order valence-electron chi connectivity index (χ1n) is 10.3. The summed E-state index contributed by atoms with van der Waals surface area (Å²) in [4.78, 5) is 14.5. The first-order valence-corrected chi connectivity index (χ1v) is 10.3. The van der Waals surface area contributed by atoms with E-state index in [9.17, 15) is 4.79 Å². The van der Waals surface area contributed by atoms with Crippen molar-refractivity contribution in [2.75, 3.05) is 27.8 Å². The van der Waals surface area contributed by atoms with Gasteiger partial charge in [-0.15, -0.1) is 0 Å². The van der Waals surface area contributed by atoms with Crippen LogP contribution in [0.3, 0.4) is 0 Å². The molecule has 0 N–H and O–H groups in total. The summed E-state index contributed by atoms with van der Waals surface area (Å²) < 4.78 is 16.2. The number of fused-ring (bicyclic) bond motifs is 1. The van der Waals surface area contributed by atoms with Gasteiger partial charge in [0.1, 0.15) is 6.10 Å². The molecule has 0 bridgehead atoms. The molecule has 0 saturated heterocycles. The van der Waals surface area contributed by atoms with E-state index in [4.69, 9.17) is 14.2 Å². The Kier molecular flexibility index (Phi) is 7.53. The van der Waals surface area contributed by atoms with E-state index in [2.05, 4.69) is 42.3 Å². The molecule has 2 aromatic rings. The van der Waals surface area contributed by atoms with Gasteiger partial charge >= 0.3 is 5.97 Å². The molecule has 0 saturated carbocycles. The lowest BCUT2D eigenvalue weighted by Gasteiger charge is -2.16. The topological polar surface area (TPSA) is 48.0 Å². The smallest absolute Gasteiger partial charge is 0.339 e. The molecule has 5 nitrogen and oxygen atoms in total. The third-order valence-electron chi connectivity index (χ3n) is 5.42. The second-order valence-electron chi connectivity index (χ2n) is 7.61. The number of methoxy groups -OCH3 is 2. The number of carbonyl (C=O) groups is 1. The Morgan fingerprint density at radius 2 is 1.66 bits per heavy atom. The lowest BCUT2D eigenvalue weighted by atomic mass is 9.99. The van der Waals surface area contributed by atoms with Gasteiger partial charge in [-0.25, -0.2) is 4.79 Å². The average Bonchev–Trinajstić information content (AvgIpc) is 3.04. The van der Waals surface area contributed by atoms with Crippen molar-refractivity contribution in [3.63, 3.8) is 0 Å². The highest BCUT2D eigenvalue weighted by atomic mass is 16.5. The summed E-state index contributed by atoms with van der Waals surface area (Å²) in [6.07, 6.45) is 5.18. The highest BCUT2D eigenvalue weighted by molar-refractivity contribution is 5.95. The van der Waals surface area contributed by atoms with Crippen LogP contribution >= 0.6 is 0 Å². The summed E-state index contributed by atoms with van der Waals surface area (Å²) in [7, 11) is 5.34. The van der Waals surface area contributed by atoms with Crippen LogP contribution in [0.5, 0.6) is 11.5 Å². The fraction of sp³-hybridized carbons (Fsp3) is 0.458. The molecular formula is C24H31NO4. The molecule has 3 rings (SSSR count). The van der Waals surface area contributed by atoms with E-state index in [0.29, 0.717) is 17.1 Å². The number of ether oxygens (including phenoxy) is 3. The largest absolute Gasteiger partial charge is 0.493 e. The van der Waals surface area contributed by atoms with E-state index in [1.165, 1.54) is 18.4 Å². The highest BCUT2D eigenvalue weighted by Gasteiger charge is 2.32. The van der Waals surface area contributed by atoms with Gasteiger partial charge in [-0.05, 0) is 50.6 Å². The maximum atomic E-state index is 12.2. The maximum absolute atomic E-state index is 12.2. The normalized spacial score (nSPS) is 15.3. The fourth-order valence-electron chi connectivity index (χ4n) is 3.85. The van der Waals surface area contributed by atoms with Gasteiger partial charge in [0.05, 0.1) is 19.8 Å². The molecule has 0 radical (unpaired) electrons. The Labute approximate surface area is 173 Å². The van der Waals surface area contributed by atoms with Crippen molar-refractivity contribution in [3.05, 3.63) is 59.2 Å². The first-order chi connectivity index (χ1) is 14.1. The number of rotatable bonds is 11. The van der Waals surface area contributed by atoms with Crippen LogP contribution in [-0.4, -0.2) is 38.7 Å². The van der Waals surface area contributed by atoms with Gasteiger partial charge in [-0.1, -0.05) is 43.2 Å². The van der Waals surface area contributed by atoms with E-state index in [0.717, 1.165) is 37.9 Å². The number of nitrogens with zero attached hydrogens (tertiary/aromatic N) is 1. The van der Waals surface area contributed by atoms with Crippen LogP contribution in [0.25, 0.3) is 0 Å². The molecule has 0 fully saturated rings. The zero-order valence-corrected chi connectivity index (χ0v) is 17.6.